The number of carbonyl (C=O) groups excluding carboxylic acids is 2. The van der Waals surface area contributed by atoms with Gasteiger partial charge < -0.3 is 19.5 Å². The van der Waals surface area contributed by atoms with Crippen LogP contribution in [-0.4, -0.2) is 47.5 Å². The Kier molecular flexibility index (Phi) is 7.36. The van der Waals surface area contributed by atoms with Crippen LogP contribution in [0, 0.1) is 5.82 Å². The Balaban J connectivity index is 1.53. The summed E-state index contributed by atoms with van der Waals surface area (Å²) in [5.41, 5.74) is 1.86. The van der Waals surface area contributed by atoms with Crippen LogP contribution in [-0.2, 0) is 9.59 Å². The number of amides is 1. The molecule has 0 radical (unpaired) electrons. The smallest absolute Gasteiger partial charge is 0.341 e. The van der Waals surface area contributed by atoms with Crippen molar-refractivity contribution in [3.8, 4) is 11.5 Å². The van der Waals surface area contributed by atoms with Crippen molar-refractivity contribution in [3.05, 3.63) is 89.7 Å². The summed E-state index contributed by atoms with van der Waals surface area (Å²) < 4.78 is 23.8. The number of carboxylic acid groups (broad SMARTS) is 1. The molecule has 1 aliphatic rings. The molecule has 35 heavy (non-hydrogen) atoms. The van der Waals surface area contributed by atoms with Gasteiger partial charge in [-0.2, -0.15) is 0 Å². The number of benzene rings is 3. The van der Waals surface area contributed by atoms with Crippen molar-refractivity contribution >= 4 is 35.1 Å². The lowest BCUT2D eigenvalue weighted by Gasteiger charge is -2.47. The Morgan fingerprint density at radius 3 is 2.20 bits per heavy atom. The van der Waals surface area contributed by atoms with Gasteiger partial charge in [-0.3, -0.25) is 9.59 Å². The molecular weight excluding hydrogens is 473 g/mol. The molecule has 0 spiro atoms. The summed E-state index contributed by atoms with van der Waals surface area (Å²) in [6, 6.07) is 18.8. The Hall–Kier alpha value is -3.85. The normalized spacial score (nSPS) is 17.0. The summed E-state index contributed by atoms with van der Waals surface area (Å²) in [5.74, 6) is -0.644. The van der Waals surface area contributed by atoms with Gasteiger partial charge in [0.25, 0.3) is 0 Å². The molecule has 0 bridgehead atoms. The molecule has 0 aromatic heterocycles. The Morgan fingerprint density at radius 1 is 0.971 bits per heavy atom. The van der Waals surface area contributed by atoms with E-state index in [-0.39, 0.29) is 17.4 Å². The van der Waals surface area contributed by atoms with Gasteiger partial charge in [0.1, 0.15) is 22.6 Å². The number of carboxylic acids is 1. The molecule has 9 heteroatoms. The average Bonchev–Trinajstić information content (AvgIpc) is 2.87. The molecule has 7 nitrogen and oxygen atoms in total. The van der Waals surface area contributed by atoms with Crippen LogP contribution in [0.1, 0.15) is 22.0 Å². The largest absolute Gasteiger partial charge is 0.497 e. The van der Waals surface area contributed by atoms with Crippen molar-refractivity contribution in [3.63, 3.8) is 0 Å². The zero-order valence-corrected chi connectivity index (χ0v) is 19.5. The molecule has 2 atom stereocenters. The first-order valence-electron chi connectivity index (χ1n) is 10.7. The number of ether oxygens (including phenoxy) is 2. The van der Waals surface area contributed by atoms with Gasteiger partial charge in [0.15, 0.2) is 12.4 Å². The van der Waals surface area contributed by atoms with Gasteiger partial charge in [0.2, 0.25) is 5.91 Å². The molecule has 1 fully saturated rings. The lowest BCUT2D eigenvalue weighted by molar-refractivity contribution is -0.139. The number of carbonyl (C=O) groups is 3. The number of anilines is 1. The first-order chi connectivity index (χ1) is 16.9. The minimum atomic E-state index is -1.08. The number of ketones is 1. The minimum Gasteiger partial charge on any atom is -0.497 e. The van der Waals surface area contributed by atoms with Gasteiger partial charge in [-0.15, -0.1) is 11.8 Å². The SMILES string of the molecule is COc1ccc(C(=O)CSC2C(=O)N(c3ccc(F)cc3)C2c2ccc(OCC(=O)O)cc2)cc1. The van der Waals surface area contributed by atoms with Gasteiger partial charge in [0, 0.05) is 11.3 Å². The molecular formula is C26H22FNO6S. The highest BCUT2D eigenvalue weighted by atomic mass is 32.2. The molecule has 2 unspecified atom stereocenters. The zero-order valence-electron chi connectivity index (χ0n) is 18.7. The monoisotopic (exact) mass is 495 g/mol. The van der Waals surface area contributed by atoms with Crippen LogP contribution in [0.2, 0.25) is 0 Å². The standard InChI is InChI=1S/C26H22FNO6S/c1-33-20-10-2-16(3-11-20)22(29)15-35-25-24(17-4-12-21(13-5-17)34-14-23(30)31)28(26(25)32)19-8-6-18(27)7-9-19/h2-13,24-25H,14-15H2,1H3,(H,30,31). The highest BCUT2D eigenvalue weighted by Crippen LogP contribution is 2.45. The van der Waals surface area contributed by atoms with Crippen LogP contribution in [0.5, 0.6) is 11.5 Å². The lowest BCUT2D eigenvalue weighted by atomic mass is 9.92. The molecule has 180 valence electrons. The van der Waals surface area contributed by atoms with E-state index in [4.69, 9.17) is 14.6 Å². The molecule has 1 heterocycles. The van der Waals surface area contributed by atoms with Crippen LogP contribution in [0.15, 0.2) is 72.8 Å². The second-order valence-corrected chi connectivity index (χ2v) is 8.89. The second-order valence-electron chi connectivity index (χ2n) is 7.76. The third kappa shape index (κ3) is 5.46. The van der Waals surface area contributed by atoms with Gasteiger partial charge in [0.05, 0.1) is 18.9 Å². The quantitative estimate of drug-likeness (QED) is 0.330. The second kappa shape index (κ2) is 10.6. The molecule has 0 aliphatic carbocycles. The van der Waals surface area contributed by atoms with Crippen molar-refractivity contribution in [2.75, 3.05) is 24.4 Å². The predicted molar refractivity (Wildman–Crippen MR) is 130 cm³/mol. The van der Waals surface area contributed by atoms with Crippen LogP contribution in [0.4, 0.5) is 10.1 Å². The van der Waals surface area contributed by atoms with E-state index < -0.39 is 29.7 Å². The summed E-state index contributed by atoms with van der Waals surface area (Å²) in [7, 11) is 1.55. The summed E-state index contributed by atoms with van der Waals surface area (Å²) in [6.45, 7) is -0.463. The van der Waals surface area contributed by atoms with Gasteiger partial charge >= 0.3 is 5.97 Å². The first-order valence-corrected chi connectivity index (χ1v) is 11.7. The van der Waals surface area contributed by atoms with Crippen molar-refractivity contribution in [2.24, 2.45) is 0 Å². The number of hydrogen-bond acceptors (Lipinski definition) is 6. The molecule has 3 aromatic rings. The van der Waals surface area contributed by atoms with E-state index >= 15 is 0 Å². The van der Waals surface area contributed by atoms with Crippen LogP contribution in [0.25, 0.3) is 0 Å². The van der Waals surface area contributed by atoms with Crippen molar-refractivity contribution in [2.45, 2.75) is 11.3 Å². The molecule has 1 amide bonds. The number of rotatable bonds is 10. The maximum Gasteiger partial charge on any atom is 0.341 e. The van der Waals surface area contributed by atoms with Crippen LogP contribution in [0.3, 0.4) is 0 Å². The van der Waals surface area contributed by atoms with Gasteiger partial charge in [-0.1, -0.05) is 12.1 Å². The molecule has 1 N–H and O–H groups in total. The number of aliphatic carboxylic acids is 1. The number of methoxy groups -OCH3 is 1. The average molecular weight is 496 g/mol. The number of nitrogens with zero attached hydrogens (tertiary/aromatic N) is 1. The van der Waals surface area contributed by atoms with Crippen molar-refractivity contribution in [1.82, 2.24) is 0 Å². The van der Waals surface area contributed by atoms with E-state index in [9.17, 15) is 18.8 Å². The molecule has 1 aliphatic heterocycles. The van der Waals surface area contributed by atoms with Gasteiger partial charge in [-0.05, 0) is 66.2 Å². The van der Waals surface area contributed by atoms with E-state index in [0.717, 1.165) is 5.56 Å². The Bertz CT molecular complexity index is 1210. The summed E-state index contributed by atoms with van der Waals surface area (Å²) in [6.07, 6.45) is 0. The van der Waals surface area contributed by atoms with E-state index in [2.05, 4.69) is 0 Å². The zero-order chi connectivity index (χ0) is 24.9. The van der Waals surface area contributed by atoms with Gasteiger partial charge in [-0.25, -0.2) is 9.18 Å². The van der Waals surface area contributed by atoms with E-state index in [1.54, 1.807) is 60.5 Å². The topological polar surface area (TPSA) is 93.1 Å². The molecule has 0 saturated carbocycles. The number of β-lactam (4-membered cyclic amide) rings is 1. The Labute approximate surface area is 205 Å². The van der Waals surface area contributed by atoms with E-state index in [0.29, 0.717) is 22.7 Å². The molecule has 3 aromatic carbocycles. The molecule has 4 rings (SSSR count). The fourth-order valence-electron chi connectivity index (χ4n) is 3.77. The predicted octanol–water partition coefficient (Wildman–Crippen LogP) is 4.37. The fraction of sp³-hybridized carbons (Fsp3) is 0.192. The summed E-state index contributed by atoms with van der Waals surface area (Å²) in [5, 5.41) is 8.27. The minimum absolute atomic E-state index is 0.107. The number of thioether (sulfide) groups is 1. The Morgan fingerprint density at radius 2 is 1.60 bits per heavy atom. The number of Topliss-reactive ketones (excluding diaryl/α,β-unsaturated/α-hetero) is 1. The number of halogens is 1. The number of hydrogen-bond donors (Lipinski definition) is 1. The summed E-state index contributed by atoms with van der Waals surface area (Å²) in [4.78, 5) is 38.1. The highest BCUT2D eigenvalue weighted by Gasteiger charge is 2.49. The maximum atomic E-state index is 13.4. The first kappa shape index (κ1) is 24.3. The third-order valence-corrected chi connectivity index (χ3v) is 6.79. The maximum absolute atomic E-state index is 13.4. The summed E-state index contributed by atoms with van der Waals surface area (Å²) >= 11 is 1.25. The lowest BCUT2D eigenvalue weighted by Crippen LogP contribution is -2.57. The van der Waals surface area contributed by atoms with Crippen LogP contribution < -0.4 is 14.4 Å². The van der Waals surface area contributed by atoms with E-state index in [1.807, 2.05) is 0 Å². The van der Waals surface area contributed by atoms with E-state index in [1.165, 1.54) is 36.0 Å². The van der Waals surface area contributed by atoms with Crippen molar-refractivity contribution in [1.29, 1.82) is 0 Å². The fourth-order valence-corrected chi connectivity index (χ4v) is 4.99. The van der Waals surface area contributed by atoms with Crippen molar-refractivity contribution < 1.29 is 33.4 Å². The van der Waals surface area contributed by atoms with Crippen LogP contribution >= 0.6 is 11.8 Å². The third-order valence-electron chi connectivity index (χ3n) is 5.54. The highest BCUT2D eigenvalue weighted by molar-refractivity contribution is 8.01. The molecule has 1 saturated heterocycles.